The van der Waals surface area contributed by atoms with E-state index in [-0.39, 0.29) is 51.8 Å². The molecule has 58 heavy (non-hydrogen) atoms. The predicted molar refractivity (Wildman–Crippen MR) is 227 cm³/mol. The Morgan fingerprint density at radius 1 is 0.466 bits per heavy atom. The normalized spacial score (nSPS) is 11.9. The van der Waals surface area contributed by atoms with Gasteiger partial charge in [0.05, 0.1) is 49.1 Å². The summed E-state index contributed by atoms with van der Waals surface area (Å²) in [5, 5.41) is 11.4. The summed E-state index contributed by atoms with van der Waals surface area (Å²) in [6, 6.07) is 9.26. The lowest BCUT2D eigenvalue weighted by molar-refractivity contribution is -0.384. The van der Waals surface area contributed by atoms with Crippen molar-refractivity contribution in [3.8, 4) is 34.5 Å². The van der Waals surface area contributed by atoms with Crippen LogP contribution in [0.25, 0.3) is 0 Å². The number of benzene rings is 3. The monoisotopic (exact) mass is 803 g/mol. The SMILES string of the molecule is CCCCCCOc1c(OCCCCC)c(OCCCCC)cc2c1C(=O)c1cc(OCCCCC)c(OCCCCC)c(OCc3ccc([N+](=O)[O-])cc3)c1C2=O. The fourth-order valence-corrected chi connectivity index (χ4v) is 6.77. The van der Waals surface area contributed by atoms with Crippen LogP contribution in [-0.2, 0) is 6.61 Å². The first-order valence-electron chi connectivity index (χ1n) is 21.8. The molecule has 0 fully saturated rings. The number of nitro groups is 1. The number of unbranched alkanes of at least 4 members (excludes halogenated alkanes) is 11. The second-order valence-corrected chi connectivity index (χ2v) is 14.9. The van der Waals surface area contributed by atoms with Gasteiger partial charge in [-0.2, -0.15) is 0 Å². The molecular weight excluding hydrogens is 739 g/mol. The Kier molecular flexibility index (Phi) is 19.7. The lowest BCUT2D eigenvalue weighted by Crippen LogP contribution is -2.25. The summed E-state index contributed by atoms with van der Waals surface area (Å²) in [6.07, 6.45) is 14.9. The van der Waals surface area contributed by atoms with E-state index >= 15 is 9.59 Å². The highest BCUT2D eigenvalue weighted by molar-refractivity contribution is 6.31. The maximum absolute atomic E-state index is 15.1. The van der Waals surface area contributed by atoms with Crippen molar-refractivity contribution >= 4 is 17.3 Å². The quantitative estimate of drug-likeness (QED) is 0.0285. The zero-order chi connectivity index (χ0) is 41.7. The summed E-state index contributed by atoms with van der Waals surface area (Å²) < 4.78 is 38.6. The highest BCUT2D eigenvalue weighted by atomic mass is 16.6. The standard InChI is InChI=1S/C47H65NO10/c1-6-11-16-21-30-57-46-40-36(31-38(53-26-17-12-7-2)44(46)55-28-19-14-9-4)43(50)41-37(42(40)49)32-39(54-27-18-13-8-3)45(56-29-20-15-10-5)47(41)58-33-34-22-24-35(25-23-34)48(51)52/h22-25,31-32H,6-21,26-30,33H2,1-5H3. The smallest absolute Gasteiger partial charge is 0.269 e. The fraction of sp³-hybridized carbons (Fsp3) is 0.574. The molecule has 1 aliphatic rings. The molecule has 0 radical (unpaired) electrons. The lowest BCUT2D eigenvalue weighted by Gasteiger charge is -2.27. The molecule has 4 rings (SSSR count). The molecule has 1 aliphatic carbocycles. The lowest BCUT2D eigenvalue weighted by atomic mass is 9.82. The molecule has 3 aromatic carbocycles. The van der Waals surface area contributed by atoms with Crippen LogP contribution in [0.3, 0.4) is 0 Å². The van der Waals surface area contributed by atoms with Gasteiger partial charge in [0.25, 0.3) is 5.69 Å². The Morgan fingerprint density at radius 2 is 0.828 bits per heavy atom. The van der Waals surface area contributed by atoms with Crippen molar-refractivity contribution < 1.29 is 42.9 Å². The zero-order valence-electron chi connectivity index (χ0n) is 35.6. The van der Waals surface area contributed by atoms with E-state index in [1.165, 1.54) is 12.1 Å². The molecule has 3 aromatic rings. The number of rotatable bonds is 30. The number of carbonyl (C=O) groups is 2. The largest absolute Gasteiger partial charge is 0.490 e. The number of ketones is 2. The van der Waals surface area contributed by atoms with E-state index in [9.17, 15) is 10.1 Å². The molecule has 0 bridgehead atoms. The summed E-state index contributed by atoms with van der Waals surface area (Å²) in [5.41, 5.74) is 1.04. The molecule has 0 atom stereocenters. The number of ether oxygens (including phenoxy) is 6. The molecule has 0 spiro atoms. The van der Waals surface area contributed by atoms with E-state index in [2.05, 4.69) is 34.6 Å². The van der Waals surface area contributed by atoms with Gasteiger partial charge in [0.2, 0.25) is 11.5 Å². The Balaban J connectivity index is 1.92. The van der Waals surface area contributed by atoms with Crippen molar-refractivity contribution in [2.75, 3.05) is 33.0 Å². The number of hydrogen-bond acceptors (Lipinski definition) is 10. The molecule has 0 heterocycles. The Morgan fingerprint density at radius 3 is 1.24 bits per heavy atom. The van der Waals surface area contributed by atoms with Gasteiger partial charge in [-0.15, -0.1) is 0 Å². The van der Waals surface area contributed by atoms with Crippen LogP contribution in [0, 0.1) is 10.1 Å². The van der Waals surface area contributed by atoms with E-state index in [0.717, 1.165) is 103 Å². The molecular formula is C47H65NO10. The predicted octanol–water partition coefficient (Wildman–Crippen LogP) is 12.2. The van der Waals surface area contributed by atoms with Crippen LogP contribution < -0.4 is 28.4 Å². The molecule has 0 aliphatic heterocycles. The van der Waals surface area contributed by atoms with Gasteiger partial charge >= 0.3 is 0 Å². The van der Waals surface area contributed by atoms with Crippen LogP contribution in [0.1, 0.15) is 175 Å². The molecule has 11 nitrogen and oxygen atoms in total. The highest BCUT2D eigenvalue weighted by Gasteiger charge is 2.41. The summed E-state index contributed by atoms with van der Waals surface area (Å²) in [7, 11) is 0. The van der Waals surface area contributed by atoms with Gasteiger partial charge in [0, 0.05) is 23.3 Å². The van der Waals surface area contributed by atoms with Crippen LogP contribution in [0.2, 0.25) is 0 Å². The maximum Gasteiger partial charge on any atom is 0.269 e. The second kappa shape index (κ2) is 24.9. The molecule has 0 N–H and O–H groups in total. The van der Waals surface area contributed by atoms with E-state index < -0.39 is 16.5 Å². The molecule has 0 saturated heterocycles. The molecule has 0 unspecified atom stereocenters. The van der Waals surface area contributed by atoms with Crippen molar-refractivity contribution in [3.05, 3.63) is 74.3 Å². The number of fused-ring (bicyclic) bond motifs is 2. The first-order valence-corrected chi connectivity index (χ1v) is 21.8. The van der Waals surface area contributed by atoms with Crippen molar-refractivity contribution in [2.45, 2.75) is 144 Å². The summed E-state index contributed by atoms with van der Waals surface area (Å²) >= 11 is 0. The third kappa shape index (κ3) is 12.6. The van der Waals surface area contributed by atoms with Crippen molar-refractivity contribution in [3.63, 3.8) is 0 Å². The number of nitrogens with zero attached hydrogens (tertiary/aromatic N) is 1. The zero-order valence-corrected chi connectivity index (χ0v) is 35.6. The first kappa shape index (κ1) is 45.9. The topological polar surface area (TPSA) is 133 Å². The molecule has 318 valence electrons. The molecule has 0 amide bonds. The first-order chi connectivity index (χ1) is 28.3. The third-order valence-electron chi connectivity index (χ3n) is 10.1. The van der Waals surface area contributed by atoms with Gasteiger partial charge < -0.3 is 28.4 Å². The van der Waals surface area contributed by atoms with Crippen LogP contribution >= 0.6 is 0 Å². The minimum absolute atomic E-state index is 0.0498. The minimum Gasteiger partial charge on any atom is -0.490 e. The van der Waals surface area contributed by atoms with E-state index in [1.54, 1.807) is 24.3 Å². The Hall–Kier alpha value is -4.80. The maximum atomic E-state index is 15.1. The second-order valence-electron chi connectivity index (χ2n) is 14.9. The van der Waals surface area contributed by atoms with Crippen molar-refractivity contribution in [2.24, 2.45) is 0 Å². The number of carbonyl (C=O) groups excluding carboxylic acids is 2. The van der Waals surface area contributed by atoms with Gasteiger partial charge in [-0.05, 0) is 61.9 Å². The Labute approximate surface area is 345 Å². The van der Waals surface area contributed by atoms with Crippen molar-refractivity contribution in [1.29, 1.82) is 0 Å². The summed E-state index contributed by atoms with van der Waals surface area (Å²) in [6.45, 7) is 12.4. The molecule has 11 heteroatoms. The van der Waals surface area contributed by atoms with Gasteiger partial charge in [0.15, 0.2) is 34.6 Å². The fourth-order valence-electron chi connectivity index (χ4n) is 6.77. The average Bonchev–Trinajstić information content (AvgIpc) is 3.23. The average molecular weight is 804 g/mol. The van der Waals surface area contributed by atoms with Crippen LogP contribution in [0.5, 0.6) is 34.5 Å². The molecule has 0 saturated carbocycles. The minimum atomic E-state index is -0.461. The summed E-state index contributed by atoms with van der Waals surface area (Å²) in [5.74, 6) is 0.715. The van der Waals surface area contributed by atoms with E-state index in [4.69, 9.17) is 28.4 Å². The third-order valence-corrected chi connectivity index (χ3v) is 10.1. The van der Waals surface area contributed by atoms with Gasteiger partial charge in [0.1, 0.15) is 6.61 Å². The number of hydrogen-bond donors (Lipinski definition) is 0. The highest BCUT2D eigenvalue weighted by Crippen LogP contribution is 2.51. The van der Waals surface area contributed by atoms with E-state index in [1.807, 2.05) is 0 Å². The van der Waals surface area contributed by atoms with Gasteiger partial charge in [-0.25, -0.2) is 0 Å². The Bertz CT molecular complexity index is 1770. The van der Waals surface area contributed by atoms with Gasteiger partial charge in [-0.1, -0.05) is 105 Å². The van der Waals surface area contributed by atoms with Gasteiger partial charge in [-0.3, -0.25) is 19.7 Å². The number of non-ortho nitro benzene ring substituents is 1. The van der Waals surface area contributed by atoms with Crippen molar-refractivity contribution in [1.82, 2.24) is 0 Å². The van der Waals surface area contributed by atoms with E-state index in [0.29, 0.717) is 55.8 Å². The van der Waals surface area contributed by atoms with Crippen LogP contribution in [0.4, 0.5) is 5.69 Å². The molecule has 0 aromatic heterocycles. The van der Waals surface area contributed by atoms with Crippen LogP contribution in [0.15, 0.2) is 36.4 Å². The van der Waals surface area contributed by atoms with Crippen LogP contribution in [-0.4, -0.2) is 49.5 Å². The number of nitro benzene ring substituents is 1. The summed E-state index contributed by atoms with van der Waals surface area (Å²) in [4.78, 5) is 41.1.